The number of hydrogen-bond acceptors (Lipinski definition) is 3. The maximum absolute atomic E-state index is 13.4. The first-order valence-corrected chi connectivity index (χ1v) is 7.22. The van der Waals surface area contributed by atoms with E-state index in [1.165, 1.54) is 7.11 Å². The van der Waals surface area contributed by atoms with Gasteiger partial charge >= 0.3 is 5.97 Å². The molecule has 0 saturated carbocycles. The highest BCUT2D eigenvalue weighted by Crippen LogP contribution is 2.35. The van der Waals surface area contributed by atoms with E-state index in [-0.39, 0.29) is 10.8 Å². The Morgan fingerprint density at radius 3 is 2.14 bits per heavy atom. The van der Waals surface area contributed by atoms with Crippen LogP contribution in [0.3, 0.4) is 0 Å². The molecule has 1 aromatic carbocycles. The van der Waals surface area contributed by atoms with Gasteiger partial charge in [0.2, 0.25) is 5.83 Å². The first-order chi connectivity index (χ1) is 9.96. The van der Waals surface area contributed by atoms with E-state index < -0.39 is 11.8 Å². The summed E-state index contributed by atoms with van der Waals surface area (Å²) in [6.45, 7) is 12.4. The van der Waals surface area contributed by atoms with Gasteiger partial charge in [-0.1, -0.05) is 53.7 Å². The van der Waals surface area contributed by atoms with Crippen LogP contribution in [0.25, 0.3) is 0 Å². The molecular formula is C18H25FO3. The molecule has 122 valence electrons. The smallest absolute Gasteiger partial charge is 0.375 e. The van der Waals surface area contributed by atoms with Gasteiger partial charge < -0.3 is 9.47 Å². The average Bonchev–Trinajstić information content (AvgIpc) is 2.36. The molecule has 0 fully saturated rings. The summed E-state index contributed by atoms with van der Waals surface area (Å²) < 4.78 is 23.1. The van der Waals surface area contributed by atoms with Crippen molar-refractivity contribution in [2.45, 2.75) is 52.4 Å². The first-order valence-electron chi connectivity index (χ1n) is 7.22. The fourth-order valence-electron chi connectivity index (χ4n) is 1.97. The van der Waals surface area contributed by atoms with Crippen molar-refractivity contribution in [2.75, 3.05) is 7.11 Å². The minimum absolute atomic E-state index is 0.0241. The average molecular weight is 308 g/mol. The summed E-state index contributed by atoms with van der Waals surface area (Å²) in [5.41, 5.74) is 1.73. The molecule has 0 heterocycles. The third-order valence-electron chi connectivity index (χ3n) is 3.27. The molecule has 0 aliphatic rings. The summed E-state index contributed by atoms with van der Waals surface area (Å²) in [7, 11) is 1.27. The van der Waals surface area contributed by atoms with Crippen LogP contribution in [0.2, 0.25) is 0 Å². The summed E-state index contributed by atoms with van der Waals surface area (Å²) in [4.78, 5) is 11.7. The summed E-state index contributed by atoms with van der Waals surface area (Å²) in [5.74, 6) is -1.76. The van der Waals surface area contributed by atoms with Gasteiger partial charge in [0, 0.05) is 5.56 Å². The van der Waals surface area contributed by atoms with Crippen LogP contribution in [0, 0.1) is 0 Å². The lowest BCUT2D eigenvalue weighted by atomic mass is 9.80. The third kappa shape index (κ3) is 4.58. The van der Waals surface area contributed by atoms with Gasteiger partial charge in [-0.05, 0) is 22.5 Å². The van der Waals surface area contributed by atoms with E-state index in [9.17, 15) is 9.18 Å². The van der Waals surface area contributed by atoms with Gasteiger partial charge in [0.1, 0.15) is 12.0 Å². The maximum Gasteiger partial charge on any atom is 0.375 e. The van der Waals surface area contributed by atoms with Crippen LogP contribution in [0.5, 0.6) is 5.75 Å². The van der Waals surface area contributed by atoms with Gasteiger partial charge in [0.25, 0.3) is 0 Å². The molecule has 0 spiro atoms. The Morgan fingerprint density at radius 2 is 1.68 bits per heavy atom. The molecule has 1 aromatic rings. The number of hydrogen-bond donors (Lipinski definition) is 0. The van der Waals surface area contributed by atoms with Crippen molar-refractivity contribution in [3.63, 3.8) is 0 Å². The number of halogens is 1. The van der Waals surface area contributed by atoms with E-state index in [4.69, 9.17) is 4.74 Å². The Kier molecular flexibility index (Phi) is 5.39. The van der Waals surface area contributed by atoms with Crippen LogP contribution >= 0.6 is 0 Å². The van der Waals surface area contributed by atoms with E-state index in [0.29, 0.717) is 5.75 Å². The van der Waals surface area contributed by atoms with Gasteiger partial charge in [0.15, 0.2) is 0 Å². The molecule has 4 heteroatoms. The minimum atomic E-state index is -1.07. The van der Waals surface area contributed by atoms with Gasteiger partial charge in [-0.15, -0.1) is 0 Å². The molecule has 0 radical (unpaired) electrons. The lowest BCUT2D eigenvalue weighted by Gasteiger charge is -2.26. The largest absolute Gasteiger partial charge is 0.501 e. The highest BCUT2D eigenvalue weighted by molar-refractivity contribution is 5.87. The zero-order valence-electron chi connectivity index (χ0n) is 14.4. The Balaban J connectivity index is 3.26. The van der Waals surface area contributed by atoms with E-state index >= 15 is 0 Å². The molecule has 0 aliphatic carbocycles. The number of ether oxygens (including phenoxy) is 2. The van der Waals surface area contributed by atoms with Crippen molar-refractivity contribution >= 4 is 5.97 Å². The van der Waals surface area contributed by atoms with E-state index in [2.05, 4.69) is 25.5 Å². The van der Waals surface area contributed by atoms with Gasteiger partial charge in [-0.3, -0.25) is 0 Å². The van der Waals surface area contributed by atoms with Crippen molar-refractivity contribution in [2.24, 2.45) is 0 Å². The molecule has 0 bridgehead atoms. The minimum Gasteiger partial charge on any atom is -0.501 e. The quantitative estimate of drug-likeness (QED) is 0.353. The van der Waals surface area contributed by atoms with Gasteiger partial charge in [0.05, 0.1) is 7.11 Å². The van der Waals surface area contributed by atoms with Crippen molar-refractivity contribution in [3.05, 3.63) is 41.4 Å². The molecular weight excluding hydrogens is 283 g/mol. The Bertz CT molecular complexity index is 575. The third-order valence-corrected chi connectivity index (χ3v) is 3.27. The first kappa shape index (κ1) is 18.2. The van der Waals surface area contributed by atoms with E-state index in [1.807, 2.05) is 32.9 Å². The standard InChI is InChI=1S/C18H25FO3/c1-17(2,3)12-8-9-15(13(10-12)18(4,5)6)22-16(20)14(19)11-21-7/h8-11H,1-7H3/b14-11-. The molecule has 0 amide bonds. The number of carbonyl (C=O) groups is 1. The highest BCUT2D eigenvalue weighted by atomic mass is 19.1. The predicted octanol–water partition coefficient (Wildman–Crippen LogP) is 4.64. The fraction of sp³-hybridized carbons (Fsp3) is 0.500. The second kappa shape index (κ2) is 6.51. The van der Waals surface area contributed by atoms with Gasteiger partial charge in [-0.2, -0.15) is 4.39 Å². The Morgan fingerprint density at radius 1 is 1.09 bits per heavy atom. The molecule has 0 atom stereocenters. The second-order valence-electron chi connectivity index (χ2n) is 7.30. The highest BCUT2D eigenvalue weighted by Gasteiger charge is 2.25. The molecule has 0 N–H and O–H groups in total. The van der Waals surface area contributed by atoms with Crippen LogP contribution in [0.4, 0.5) is 4.39 Å². The fourth-order valence-corrected chi connectivity index (χ4v) is 1.97. The number of rotatable bonds is 3. The molecule has 1 rings (SSSR count). The zero-order chi connectivity index (χ0) is 17.1. The SMILES string of the molecule is CO/C=C(\F)C(=O)Oc1ccc(C(C)(C)C)cc1C(C)(C)C. The van der Waals surface area contributed by atoms with Crippen LogP contribution < -0.4 is 4.74 Å². The second-order valence-corrected chi connectivity index (χ2v) is 7.30. The van der Waals surface area contributed by atoms with Crippen LogP contribution in [-0.2, 0) is 20.4 Å². The van der Waals surface area contributed by atoms with Gasteiger partial charge in [-0.25, -0.2) is 4.79 Å². The van der Waals surface area contributed by atoms with Crippen molar-refractivity contribution < 1.29 is 18.7 Å². The lowest BCUT2D eigenvalue weighted by molar-refractivity contribution is -0.132. The predicted molar refractivity (Wildman–Crippen MR) is 85.7 cm³/mol. The summed E-state index contributed by atoms with van der Waals surface area (Å²) in [6.07, 6.45) is 0.725. The van der Waals surface area contributed by atoms with Crippen molar-refractivity contribution in [1.29, 1.82) is 0 Å². The number of benzene rings is 1. The maximum atomic E-state index is 13.4. The van der Waals surface area contributed by atoms with E-state index in [1.54, 1.807) is 6.07 Å². The van der Waals surface area contributed by atoms with Crippen LogP contribution in [-0.4, -0.2) is 13.1 Å². The Hall–Kier alpha value is -1.84. The number of esters is 1. The summed E-state index contributed by atoms with van der Waals surface area (Å²) >= 11 is 0. The normalized spacial score (nSPS) is 13.0. The summed E-state index contributed by atoms with van der Waals surface area (Å²) in [6, 6.07) is 5.63. The zero-order valence-corrected chi connectivity index (χ0v) is 14.4. The molecule has 22 heavy (non-hydrogen) atoms. The van der Waals surface area contributed by atoms with Crippen molar-refractivity contribution in [1.82, 2.24) is 0 Å². The molecule has 0 unspecified atom stereocenters. The van der Waals surface area contributed by atoms with Crippen molar-refractivity contribution in [3.8, 4) is 5.75 Å². The van der Waals surface area contributed by atoms with E-state index in [0.717, 1.165) is 17.4 Å². The van der Waals surface area contributed by atoms with Crippen LogP contribution in [0.1, 0.15) is 52.7 Å². The number of carbonyl (C=O) groups excluding carboxylic acids is 1. The topological polar surface area (TPSA) is 35.5 Å². The Labute approximate surface area is 132 Å². The lowest BCUT2D eigenvalue weighted by Crippen LogP contribution is -2.19. The molecule has 0 aromatic heterocycles. The molecule has 0 saturated heterocycles. The summed E-state index contributed by atoms with van der Waals surface area (Å²) in [5, 5.41) is 0. The number of methoxy groups -OCH3 is 1. The molecule has 3 nitrogen and oxygen atoms in total. The molecule has 0 aliphatic heterocycles. The monoisotopic (exact) mass is 308 g/mol. The van der Waals surface area contributed by atoms with Crippen LogP contribution in [0.15, 0.2) is 30.3 Å².